The number of ether oxygens (including phenoxy) is 1. The predicted molar refractivity (Wildman–Crippen MR) is 154 cm³/mol. The van der Waals surface area contributed by atoms with Gasteiger partial charge in [-0.1, -0.05) is 56.5 Å². The van der Waals surface area contributed by atoms with Crippen LogP contribution in [0.1, 0.15) is 85.8 Å². The minimum Gasteiger partial charge on any atom is -0.392 e. The molecule has 0 radical (unpaired) electrons. The fourth-order valence-electron chi connectivity index (χ4n) is 5.40. The maximum atomic E-state index is 13.8. The van der Waals surface area contributed by atoms with E-state index in [4.69, 9.17) is 16.3 Å². The lowest BCUT2D eigenvalue weighted by Gasteiger charge is -2.36. The Morgan fingerprint density at radius 3 is 2.59 bits per heavy atom. The summed E-state index contributed by atoms with van der Waals surface area (Å²) in [6.45, 7) is 11.2. The van der Waals surface area contributed by atoms with E-state index in [-0.39, 0.29) is 29.8 Å². The first-order valence-electron chi connectivity index (χ1n) is 14.0. The molecule has 0 bridgehead atoms. The second-order valence-electron chi connectivity index (χ2n) is 12.3. The standard InChI is InChI=1S/C31H45ClN2O5/c1-19(2)12-13-22-28(37)20(3)10-9-14-31(6)26(39-31)17-24(23(32)16-21-11-7-8-15-33-21)34-27(36)18-25(35)30(4,5)29(22)38/h7-8,11-12,15-16,20,22,24-26,28,35,37H,9-10,13-14,17-18H2,1-6H3,(H,34,36). The Morgan fingerprint density at radius 1 is 1.23 bits per heavy atom. The molecule has 2 fully saturated rings. The molecule has 3 N–H and O–H groups in total. The average Bonchev–Trinajstić information content (AvgIpc) is 3.51. The van der Waals surface area contributed by atoms with Crippen molar-refractivity contribution in [3.05, 3.63) is 46.8 Å². The summed E-state index contributed by atoms with van der Waals surface area (Å²) in [5, 5.41) is 25.8. The number of Topliss-reactive ketones (excluding diaryl/α,β-unsaturated/α-hetero) is 1. The first kappa shape index (κ1) is 31.5. The van der Waals surface area contributed by atoms with Gasteiger partial charge >= 0.3 is 0 Å². The summed E-state index contributed by atoms with van der Waals surface area (Å²) in [6, 6.07) is 4.98. The highest BCUT2D eigenvalue weighted by Crippen LogP contribution is 2.45. The van der Waals surface area contributed by atoms with E-state index in [0.29, 0.717) is 23.6 Å². The van der Waals surface area contributed by atoms with E-state index >= 15 is 0 Å². The van der Waals surface area contributed by atoms with Gasteiger partial charge in [-0.15, -0.1) is 0 Å². The number of hydrogen-bond donors (Lipinski definition) is 3. The van der Waals surface area contributed by atoms with E-state index in [1.807, 2.05) is 45.0 Å². The van der Waals surface area contributed by atoms with Crippen LogP contribution in [0.25, 0.3) is 6.08 Å². The van der Waals surface area contributed by atoms with Gasteiger partial charge in [0.1, 0.15) is 5.78 Å². The number of fused-ring (bicyclic) bond motifs is 1. The number of allylic oxidation sites excluding steroid dienone is 2. The molecular weight excluding hydrogens is 516 g/mol. The van der Waals surface area contributed by atoms with Crippen LogP contribution in [0.15, 0.2) is 41.1 Å². The molecule has 7 nitrogen and oxygen atoms in total. The summed E-state index contributed by atoms with van der Waals surface area (Å²) in [5.41, 5.74) is 0.145. The number of halogens is 1. The first-order valence-corrected chi connectivity index (χ1v) is 14.4. The van der Waals surface area contributed by atoms with Gasteiger partial charge in [0.2, 0.25) is 5.91 Å². The van der Waals surface area contributed by atoms with E-state index < -0.39 is 35.5 Å². The molecule has 1 amide bonds. The number of aliphatic hydroxyl groups is 2. The number of hydrogen-bond acceptors (Lipinski definition) is 6. The second kappa shape index (κ2) is 13.1. The fourth-order valence-corrected chi connectivity index (χ4v) is 5.65. The summed E-state index contributed by atoms with van der Waals surface area (Å²) in [4.78, 5) is 31.3. The lowest BCUT2D eigenvalue weighted by molar-refractivity contribution is -0.143. The fraction of sp³-hybridized carbons (Fsp3) is 0.645. The average molecular weight is 561 g/mol. The van der Waals surface area contributed by atoms with Gasteiger partial charge in [0.05, 0.1) is 47.5 Å². The number of carbonyl (C=O) groups excluding carboxylic acids is 2. The molecule has 8 heteroatoms. The third-order valence-corrected chi connectivity index (χ3v) is 8.79. The van der Waals surface area contributed by atoms with Gasteiger partial charge < -0.3 is 20.3 Å². The molecule has 1 aromatic heterocycles. The molecule has 0 aliphatic carbocycles. The van der Waals surface area contributed by atoms with Crippen molar-refractivity contribution in [1.29, 1.82) is 0 Å². The summed E-state index contributed by atoms with van der Waals surface area (Å²) >= 11 is 6.72. The summed E-state index contributed by atoms with van der Waals surface area (Å²) in [5.74, 6) is -1.45. The van der Waals surface area contributed by atoms with Gasteiger partial charge in [-0.2, -0.15) is 0 Å². The van der Waals surface area contributed by atoms with E-state index in [1.54, 1.807) is 26.1 Å². The third-order valence-electron chi connectivity index (χ3n) is 8.42. The Morgan fingerprint density at radius 2 is 1.95 bits per heavy atom. The minimum absolute atomic E-state index is 0.0878. The predicted octanol–water partition coefficient (Wildman–Crippen LogP) is 5.19. The number of epoxide rings is 1. The first-order chi connectivity index (χ1) is 18.2. The number of rotatable bonds is 4. The molecule has 2 aliphatic rings. The van der Waals surface area contributed by atoms with Crippen molar-refractivity contribution >= 4 is 29.4 Å². The molecule has 3 rings (SSSR count). The summed E-state index contributed by atoms with van der Waals surface area (Å²) in [7, 11) is 0. The lowest BCUT2D eigenvalue weighted by Crippen LogP contribution is -2.48. The van der Waals surface area contributed by atoms with Crippen LogP contribution in [0, 0.1) is 17.3 Å². The van der Waals surface area contributed by atoms with Crippen LogP contribution >= 0.6 is 11.6 Å². The molecule has 2 aliphatic heterocycles. The Labute approximate surface area is 238 Å². The highest BCUT2D eigenvalue weighted by molar-refractivity contribution is 6.32. The van der Waals surface area contributed by atoms with Gasteiger partial charge in [-0.25, -0.2) is 0 Å². The Kier molecular flexibility index (Phi) is 10.5. The van der Waals surface area contributed by atoms with Gasteiger partial charge in [-0.3, -0.25) is 14.6 Å². The van der Waals surface area contributed by atoms with Crippen LogP contribution in [0.3, 0.4) is 0 Å². The van der Waals surface area contributed by atoms with E-state index in [1.165, 1.54) is 0 Å². The number of aliphatic hydroxyl groups excluding tert-OH is 2. The minimum atomic E-state index is -1.24. The molecule has 0 saturated carbocycles. The van der Waals surface area contributed by atoms with Crippen molar-refractivity contribution in [2.45, 2.75) is 110 Å². The van der Waals surface area contributed by atoms with Crippen LogP contribution in [0.2, 0.25) is 0 Å². The number of ketones is 1. The Bertz CT molecular complexity index is 1070. The van der Waals surface area contributed by atoms with Crippen molar-refractivity contribution < 1.29 is 24.5 Å². The van der Waals surface area contributed by atoms with E-state index in [2.05, 4.69) is 17.2 Å². The SMILES string of the molecule is CC(C)=CCC1C(=O)C(C)(C)C(O)CC(=O)NC(C(Cl)=Cc2ccccn2)CC2OC2(C)CCCC(C)C1O. The van der Waals surface area contributed by atoms with Crippen LogP contribution in [0.4, 0.5) is 0 Å². The van der Waals surface area contributed by atoms with Crippen molar-refractivity contribution in [2.24, 2.45) is 17.3 Å². The molecule has 39 heavy (non-hydrogen) atoms. The molecule has 1 aromatic rings. The number of nitrogens with zero attached hydrogens (tertiary/aromatic N) is 1. The maximum absolute atomic E-state index is 13.8. The normalized spacial score (nSPS) is 34.5. The van der Waals surface area contributed by atoms with E-state index in [9.17, 15) is 19.8 Å². The van der Waals surface area contributed by atoms with Crippen molar-refractivity contribution in [3.63, 3.8) is 0 Å². The highest BCUT2D eigenvalue weighted by Gasteiger charge is 2.52. The summed E-state index contributed by atoms with van der Waals surface area (Å²) in [6.07, 6.45) is 6.13. The number of carbonyl (C=O) groups is 2. The molecule has 0 aromatic carbocycles. The van der Waals surface area contributed by atoms with Gasteiger partial charge in [0, 0.05) is 23.6 Å². The largest absolute Gasteiger partial charge is 0.392 e. The van der Waals surface area contributed by atoms with Crippen LogP contribution in [0.5, 0.6) is 0 Å². The van der Waals surface area contributed by atoms with Crippen LogP contribution in [-0.2, 0) is 14.3 Å². The van der Waals surface area contributed by atoms with Crippen molar-refractivity contribution in [3.8, 4) is 0 Å². The maximum Gasteiger partial charge on any atom is 0.223 e. The number of pyridine rings is 1. The zero-order chi connectivity index (χ0) is 29.0. The number of nitrogens with one attached hydrogen (secondary N) is 1. The van der Waals surface area contributed by atoms with Crippen LogP contribution in [-0.4, -0.2) is 56.8 Å². The highest BCUT2D eigenvalue weighted by atomic mass is 35.5. The monoisotopic (exact) mass is 560 g/mol. The zero-order valence-corrected chi connectivity index (χ0v) is 24.9. The zero-order valence-electron chi connectivity index (χ0n) is 24.1. The Balaban J connectivity index is 1.90. The molecule has 7 atom stereocenters. The molecule has 7 unspecified atom stereocenters. The topological polar surface area (TPSA) is 112 Å². The molecule has 216 valence electrons. The molecule has 3 heterocycles. The number of aromatic nitrogens is 1. The van der Waals surface area contributed by atoms with E-state index in [0.717, 1.165) is 24.8 Å². The van der Waals surface area contributed by atoms with Crippen molar-refractivity contribution in [2.75, 3.05) is 0 Å². The third kappa shape index (κ3) is 8.23. The molecule has 2 saturated heterocycles. The lowest BCUT2D eigenvalue weighted by atomic mass is 9.71. The molecule has 0 spiro atoms. The van der Waals surface area contributed by atoms with Crippen molar-refractivity contribution in [1.82, 2.24) is 10.3 Å². The van der Waals surface area contributed by atoms with Gasteiger partial charge in [0.25, 0.3) is 0 Å². The quantitative estimate of drug-likeness (QED) is 0.345. The van der Waals surface area contributed by atoms with Gasteiger partial charge in [-0.05, 0) is 64.2 Å². The Hall–Kier alpha value is -2.06. The number of amides is 1. The van der Waals surface area contributed by atoms with Crippen LogP contribution < -0.4 is 5.32 Å². The van der Waals surface area contributed by atoms with Gasteiger partial charge in [0.15, 0.2) is 0 Å². The summed E-state index contributed by atoms with van der Waals surface area (Å²) < 4.78 is 6.09. The second-order valence-corrected chi connectivity index (χ2v) is 12.8. The molecular formula is C31H45ClN2O5. The smallest absolute Gasteiger partial charge is 0.223 e.